The number of thioether (sulfide) groups is 1. The van der Waals surface area contributed by atoms with E-state index in [1.165, 1.54) is 5.56 Å². The average molecular weight is 418 g/mol. The summed E-state index contributed by atoms with van der Waals surface area (Å²) in [7, 11) is 0. The molecule has 0 aliphatic heterocycles. The molecule has 0 heterocycles. The van der Waals surface area contributed by atoms with E-state index < -0.39 is 5.97 Å². The van der Waals surface area contributed by atoms with E-state index in [4.69, 9.17) is 39.5 Å². The molecule has 5 nitrogen and oxygen atoms in total. The third-order valence-electron chi connectivity index (χ3n) is 4.45. The standard InChI is InChI=1S/C18H25Cl2N3O2S/c1-2-25-18(24)17(23-22)16(21)10-26-15-5-3-11(4-6-15)12-7-13(19)9-14(20)8-12/h7-9,11,15,23H,2-6,10,21-22H2,1H3/b17-16-. The van der Waals surface area contributed by atoms with E-state index in [0.717, 1.165) is 25.7 Å². The SMILES string of the molecule is CCOC(=O)/C(NN)=C(/N)CSC1CCC(c2cc(Cl)cc(Cl)c2)CC1. The second-order valence-corrected chi connectivity index (χ2v) is 8.41. The van der Waals surface area contributed by atoms with Crippen LogP contribution in [0.15, 0.2) is 29.6 Å². The van der Waals surface area contributed by atoms with Gasteiger partial charge in [0.25, 0.3) is 0 Å². The zero-order chi connectivity index (χ0) is 19.1. The smallest absolute Gasteiger partial charge is 0.357 e. The number of nitrogens with one attached hydrogen (secondary N) is 1. The van der Waals surface area contributed by atoms with Gasteiger partial charge in [0.2, 0.25) is 0 Å². The Hall–Kier alpha value is -1.08. The number of esters is 1. The molecule has 1 aliphatic carbocycles. The van der Waals surface area contributed by atoms with Crippen molar-refractivity contribution in [2.75, 3.05) is 12.4 Å². The third kappa shape index (κ3) is 5.98. The molecule has 1 fully saturated rings. The van der Waals surface area contributed by atoms with Gasteiger partial charge in [-0.05, 0) is 62.3 Å². The first-order valence-electron chi connectivity index (χ1n) is 8.64. The Morgan fingerprint density at radius 3 is 2.38 bits per heavy atom. The Bertz CT molecular complexity index is 642. The Kier molecular flexibility index (Phi) is 8.41. The number of hydrogen-bond donors (Lipinski definition) is 3. The van der Waals surface area contributed by atoms with Crippen LogP contribution in [-0.2, 0) is 9.53 Å². The van der Waals surface area contributed by atoms with Gasteiger partial charge < -0.3 is 15.9 Å². The normalized spacial score (nSPS) is 21.1. The third-order valence-corrected chi connectivity index (χ3v) is 6.31. The van der Waals surface area contributed by atoms with Crippen LogP contribution >= 0.6 is 35.0 Å². The van der Waals surface area contributed by atoms with E-state index in [2.05, 4.69) is 5.43 Å². The molecule has 1 aliphatic rings. The van der Waals surface area contributed by atoms with Crippen molar-refractivity contribution < 1.29 is 9.53 Å². The number of benzene rings is 1. The molecule has 0 atom stereocenters. The van der Waals surface area contributed by atoms with Crippen molar-refractivity contribution in [2.24, 2.45) is 11.6 Å². The van der Waals surface area contributed by atoms with Gasteiger partial charge in [0.1, 0.15) is 0 Å². The van der Waals surface area contributed by atoms with Gasteiger partial charge in [-0.1, -0.05) is 23.2 Å². The quantitative estimate of drug-likeness (QED) is 0.269. The lowest BCUT2D eigenvalue weighted by atomic mass is 9.84. The molecule has 144 valence electrons. The van der Waals surface area contributed by atoms with Gasteiger partial charge in [-0.3, -0.25) is 5.84 Å². The van der Waals surface area contributed by atoms with E-state index >= 15 is 0 Å². The molecule has 0 spiro atoms. The fourth-order valence-electron chi connectivity index (χ4n) is 3.14. The van der Waals surface area contributed by atoms with E-state index in [1.54, 1.807) is 24.8 Å². The van der Waals surface area contributed by atoms with Crippen LogP contribution in [0.5, 0.6) is 0 Å². The maximum Gasteiger partial charge on any atom is 0.357 e. The van der Waals surface area contributed by atoms with Crippen molar-refractivity contribution >= 4 is 40.9 Å². The summed E-state index contributed by atoms with van der Waals surface area (Å²) in [5.74, 6) is 5.90. The van der Waals surface area contributed by atoms with Gasteiger partial charge in [0.15, 0.2) is 5.70 Å². The average Bonchev–Trinajstić information content (AvgIpc) is 2.60. The van der Waals surface area contributed by atoms with E-state index in [-0.39, 0.29) is 12.3 Å². The molecule has 0 bridgehead atoms. The van der Waals surface area contributed by atoms with Crippen LogP contribution in [0.1, 0.15) is 44.1 Å². The molecule has 1 aromatic carbocycles. The number of rotatable bonds is 7. The lowest BCUT2D eigenvalue weighted by molar-refractivity contribution is -0.139. The van der Waals surface area contributed by atoms with Gasteiger partial charge in [-0.25, -0.2) is 4.79 Å². The van der Waals surface area contributed by atoms with Gasteiger partial charge in [0.05, 0.1) is 12.3 Å². The number of ether oxygens (including phenoxy) is 1. The second kappa shape index (κ2) is 10.3. The molecule has 0 amide bonds. The van der Waals surface area contributed by atoms with Crippen molar-refractivity contribution in [2.45, 2.75) is 43.8 Å². The van der Waals surface area contributed by atoms with Crippen LogP contribution in [0.25, 0.3) is 0 Å². The van der Waals surface area contributed by atoms with Crippen LogP contribution < -0.4 is 17.0 Å². The Morgan fingerprint density at radius 2 is 1.85 bits per heavy atom. The predicted molar refractivity (Wildman–Crippen MR) is 109 cm³/mol. The Balaban J connectivity index is 1.87. The zero-order valence-corrected chi connectivity index (χ0v) is 17.1. The summed E-state index contributed by atoms with van der Waals surface area (Å²) in [6.45, 7) is 2.02. The molecule has 0 saturated heterocycles. The highest BCUT2D eigenvalue weighted by Gasteiger charge is 2.24. The lowest BCUT2D eigenvalue weighted by Gasteiger charge is -2.28. The number of hydrazine groups is 1. The fourth-order valence-corrected chi connectivity index (χ4v) is 4.85. The molecule has 1 saturated carbocycles. The molecule has 8 heteroatoms. The first-order chi connectivity index (χ1) is 12.4. The minimum Gasteiger partial charge on any atom is -0.461 e. The van der Waals surface area contributed by atoms with Gasteiger partial charge in [-0.2, -0.15) is 11.8 Å². The molecule has 5 N–H and O–H groups in total. The predicted octanol–water partition coefficient (Wildman–Crippen LogP) is 3.95. The topological polar surface area (TPSA) is 90.4 Å². The molecular formula is C18H25Cl2N3O2S. The van der Waals surface area contributed by atoms with Crippen LogP contribution in [0.3, 0.4) is 0 Å². The molecule has 0 unspecified atom stereocenters. The molecule has 0 radical (unpaired) electrons. The molecular weight excluding hydrogens is 393 g/mol. The molecule has 26 heavy (non-hydrogen) atoms. The van der Waals surface area contributed by atoms with Crippen molar-refractivity contribution in [3.8, 4) is 0 Å². The largest absolute Gasteiger partial charge is 0.461 e. The summed E-state index contributed by atoms with van der Waals surface area (Å²) in [5, 5.41) is 1.87. The highest BCUT2D eigenvalue weighted by molar-refractivity contribution is 8.00. The number of carbonyl (C=O) groups excluding carboxylic acids is 1. The number of hydrogen-bond acceptors (Lipinski definition) is 6. The molecule has 1 aromatic rings. The maximum absolute atomic E-state index is 11.8. The van der Waals surface area contributed by atoms with Crippen LogP contribution in [0.2, 0.25) is 10.0 Å². The van der Waals surface area contributed by atoms with Gasteiger partial charge in [-0.15, -0.1) is 0 Å². The highest BCUT2D eigenvalue weighted by atomic mass is 35.5. The first kappa shape index (κ1) is 21.2. The minimum atomic E-state index is -0.519. The fraction of sp³-hybridized carbons (Fsp3) is 0.500. The number of halogens is 2. The van der Waals surface area contributed by atoms with Crippen LogP contribution in [0.4, 0.5) is 0 Å². The second-order valence-electron chi connectivity index (χ2n) is 6.25. The van der Waals surface area contributed by atoms with E-state index in [9.17, 15) is 4.79 Å². The number of carbonyl (C=O) groups is 1. The summed E-state index contributed by atoms with van der Waals surface area (Å²) in [4.78, 5) is 11.8. The number of nitrogens with two attached hydrogens (primary N) is 2. The van der Waals surface area contributed by atoms with Gasteiger partial charge in [0, 0.05) is 21.0 Å². The molecule has 2 rings (SSSR count). The van der Waals surface area contributed by atoms with Crippen molar-refractivity contribution in [3.05, 3.63) is 45.2 Å². The first-order valence-corrected chi connectivity index (χ1v) is 10.4. The summed E-state index contributed by atoms with van der Waals surface area (Å²) in [5.41, 5.74) is 10.1. The van der Waals surface area contributed by atoms with Crippen LogP contribution in [0, 0.1) is 0 Å². The summed E-state index contributed by atoms with van der Waals surface area (Å²) in [6, 6.07) is 5.77. The lowest BCUT2D eigenvalue weighted by Crippen LogP contribution is -2.32. The van der Waals surface area contributed by atoms with Crippen molar-refractivity contribution in [3.63, 3.8) is 0 Å². The summed E-state index contributed by atoms with van der Waals surface area (Å²) >= 11 is 14.0. The highest BCUT2D eigenvalue weighted by Crippen LogP contribution is 2.39. The maximum atomic E-state index is 11.8. The Labute approximate surface area is 168 Å². The molecule has 0 aromatic heterocycles. The van der Waals surface area contributed by atoms with E-state index in [0.29, 0.717) is 32.7 Å². The zero-order valence-electron chi connectivity index (χ0n) is 14.8. The summed E-state index contributed by atoms with van der Waals surface area (Å²) < 4.78 is 4.94. The van der Waals surface area contributed by atoms with Crippen molar-refractivity contribution in [1.29, 1.82) is 0 Å². The van der Waals surface area contributed by atoms with Gasteiger partial charge >= 0.3 is 5.97 Å². The van der Waals surface area contributed by atoms with E-state index in [1.807, 2.05) is 12.1 Å². The summed E-state index contributed by atoms with van der Waals surface area (Å²) in [6.07, 6.45) is 4.32. The Morgan fingerprint density at radius 1 is 1.23 bits per heavy atom. The van der Waals surface area contributed by atoms with Crippen molar-refractivity contribution in [1.82, 2.24) is 5.43 Å². The minimum absolute atomic E-state index is 0.140. The monoisotopic (exact) mass is 417 g/mol. The van der Waals surface area contributed by atoms with Crippen LogP contribution in [-0.4, -0.2) is 23.6 Å².